The van der Waals surface area contributed by atoms with Crippen molar-refractivity contribution in [2.24, 2.45) is 5.92 Å². The summed E-state index contributed by atoms with van der Waals surface area (Å²) < 4.78 is 9.63. The molecule has 0 aromatic carbocycles. The smallest absolute Gasteiger partial charge is 0.308 e. The highest BCUT2D eigenvalue weighted by Crippen LogP contribution is 2.18. The maximum atomic E-state index is 11.6. The van der Waals surface area contributed by atoms with Gasteiger partial charge in [-0.1, -0.05) is 32.6 Å². The third-order valence-electron chi connectivity index (χ3n) is 2.94. The lowest BCUT2D eigenvalue weighted by molar-refractivity contribution is -0.147. The Morgan fingerprint density at radius 1 is 1.06 bits per heavy atom. The van der Waals surface area contributed by atoms with Crippen molar-refractivity contribution >= 4 is 11.9 Å². The zero-order valence-corrected chi connectivity index (χ0v) is 11.9. The molecule has 0 aromatic rings. The van der Waals surface area contributed by atoms with Crippen molar-refractivity contribution in [1.82, 2.24) is 0 Å². The summed E-state index contributed by atoms with van der Waals surface area (Å²) in [4.78, 5) is 22.8. The fraction of sp³-hybridized carbons (Fsp3) is 0.857. The minimum atomic E-state index is -0.236. The van der Waals surface area contributed by atoms with Crippen LogP contribution in [0.4, 0.5) is 0 Å². The molecule has 0 N–H and O–H groups in total. The van der Waals surface area contributed by atoms with Crippen LogP contribution in [-0.2, 0) is 19.1 Å². The van der Waals surface area contributed by atoms with Crippen molar-refractivity contribution in [2.45, 2.75) is 58.8 Å². The summed E-state index contributed by atoms with van der Waals surface area (Å²) in [6.45, 7) is 4.32. The van der Waals surface area contributed by atoms with Gasteiger partial charge in [0.2, 0.25) is 0 Å². The summed E-state index contributed by atoms with van der Waals surface area (Å²) in [5.41, 5.74) is 0. The first kappa shape index (κ1) is 16.9. The van der Waals surface area contributed by atoms with Crippen LogP contribution in [0.1, 0.15) is 58.8 Å². The predicted octanol–water partition coefficient (Wildman–Crippen LogP) is 3.09. The summed E-state index contributed by atoms with van der Waals surface area (Å²) >= 11 is 0. The van der Waals surface area contributed by atoms with Crippen LogP contribution in [0, 0.1) is 5.92 Å². The highest BCUT2D eigenvalue weighted by molar-refractivity contribution is 5.74. The van der Waals surface area contributed by atoms with Crippen molar-refractivity contribution in [2.75, 3.05) is 13.7 Å². The molecule has 0 aliphatic rings. The Balaban J connectivity index is 3.99. The van der Waals surface area contributed by atoms with E-state index in [1.54, 1.807) is 6.92 Å². The Labute approximate surface area is 110 Å². The largest absolute Gasteiger partial charge is 0.469 e. The van der Waals surface area contributed by atoms with E-state index in [0.717, 1.165) is 19.3 Å². The fourth-order valence-corrected chi connectivity index (χ4v) is 1.89. The second-order valence-corrected chi connectivity index (χ2v) is 4.41. The molecule has 0 saturated carbocycles. The number of ether oxygens (including phenoxy) is 2. The van der Waals surface area contributed by atoms with E-state index in [9.17, 15) is 9.59 Å². The van der Waals surface area contributed by atoms with Gasteiger partial charge in [-0.3, -0.25) is 9.59 Å². The first-order chi connectivity index (χ1) is 8.65. The van der Waals surface area contributed by atoms with Crippen LogP contribution in [0.3, 0.4) is 0 Å². The molecule has 0 aliphatic carbocycles. The van der Waals surface area contributed by atoms with Crippen LogP contribution in [-0.4, -0.2) is 25.7 Å². The van der Waals surface area contributed by atoms with Crippen molar-refractivity contribution in [3.63, 3.8) is 0 Å². The molecule has 0 aliphatic heterocycles. The molecule has 0 radical (unpaired) electrons. The van der Waals surface area contributed by atoms with E-state index < -0.39 is 0 Å². The Bertz CT molecular complexity index is 238. The molecule has 0 bridgehead atoms. The number of esters is 2. The summed E-state index contributed by atoms with van der Waals surface area (Å²) in [5.74, 6) is -0.618. The van der Waals surface area contributed by atoms with Crippen molar-refractivity contribution in [1.29, 1.82) is 0 Å². The molecule has 0 aromatic heterocycles. The van der Waals surface area contributed by atoms with E-state index in [2.05, 4.69) is 6.92 Å². The quantitative estimate of drug-likeness (QED) is 0.446. The third-order valence-corrected chi connectivity index (χ3v) is 2.94. The van der Waals surface area contributed by atoms with E-state index >= 15 is 0 Å². The Hall–Kier alpha value is -1.06. The van der Waals surface area contributed by atoms with Crippen LogP contribution in [0.25, 0.3) is 0 Å². The SMILES string of the molecule is CCCCCCC(CCC(=O)OCC)C(=O)OC. The van der Waals surface area contributed by atoms with Gasteiger partial charge in [-0.2, -0.15) is 0 Å². The number of unbranched alkanes of at least 4 members (excludes halogenated alkanes) is 3. The average molecular weight is 258 g/mol. The molecule has 0 fully saturated rings. The maximum absolute atomic E-state index is 11.6. The third kappa shape index (κ3) is 8.09. The molecule has 0 amide bonds. The van der Waals surface area contributed by atoms with E-state index in [1.165, 1.54) is 20.0 Å². The zero-order valence-electron chi connectivity index (χ0n) is 11.9. The maximum Gasteiger partial charge on any atom is 0.308 e. The predicted molar refractivity (Wildman–Crippen MR) is 70.1 cm³/mol. The molecule has 4 heteroatoms. The van der Waals surface area contributed by atoms with Gasteiger partial charge in [0, 0.05) is 6.42 Å². The molecular formula is C14H26O4. The van der Waals surface area contributed by atoms with Gasteiger partial charge < -0.3 is 9.47 Å². The molecule has 1 unspecified atom stereocenters. The van der Waals surface area contributed by atoms with Crippen LogP contribution in [0.2, 0.25) is 0 Å². The number of rotatable bonds is 10. The van der Waals surface area contributed by atoms with E-state index in [-0.39, 0.29) is 17.9 Å². The molecule has 4 nitrogen and oxygen atoms in total. The first-order valence-corrected chi connectivity index (χ1v) is 6.89. The molecular weight excluding hydrogens is 232 g/mol. The molecule has 18 heavy (non-hydrogen) atoms. The monoisotopic (exact) mass is 258 g/mol. The van der Waals surface area contributed by atoms with Gasteiger partial charge in [0.1, 0.15) is 0 Å². The molecule has 0 saturated heterocycles. The minimum absolute atomic E-state index is 0.170. The van der Waals surface area contributed by atoms with Crippen LogP contribution < -0.4 is 0 Å². The first-order valence-electron chi connectivity index (χ1n) is 6.89. The molecule has 1 atom stereocenters. The Morgan fingerprint density at radius 3 is 2.33 bits per heavy atom. The molecule has 0 rings (SSSR count). The van der Waals surface area contributed by atoms with Crippen LogP contribution in [0.15, 0.2) is 0 Å². The summed E-state index contributed by atoms with van der Waals surface area (Å²) in [6, 6.07) is 0. The second kappa shape index (κ2) is 11.1. The summed E-state index contributed by atoms with van der Waals surface area (Å²) in [5, 5.41) is 0. The lowest BCUT2D eigenvalue weighted by Crippen LogP contribution is -2.18. The molecule has 0 spiro atoms. The lowest BCUT2D eigenvalue weighted by Gasteiger charge is -2.13. The number of hydrogen-bond acceptors (Lipinski definition) is 4. The number of methoxy groups -OCH3 is 1. The van der Waals surface area contributed by atoms with E-state index in [0.29, 0.717) is 19.4 Å². The van der Waals surface area contributed by atoms with Gasteiger partial charge in [-0.25, -0.2) is 0 Å². The normalized spacial score (nSPS) is 11.9. The standard InChI is InChI=1S/C14H26O4/c1-4-6-7-8-9-12(14(16)17-3)10-11-13(15)18-5-2/h12H,4-11H2,1-3H3. The van der Waals surface area contributed by atoms with Gasteiger partial charge >= 0.3 is 11.9 Å². The molecule has 106 valence electrons. The topological polar surface area (TPSA) is 52.6 Å². The van der Waals surface area contributed by atoms with Crippen molar-refractivity contribution in [3.8, 4) is 0 Å². The van der Waals surface area contributed by atoms with Gasteiger partial charge in [0.15, 0.2) is 0 Å². The average Bonchev–Trinajstić information content (AvgIpc) is 2.37. The van der Waals surface area contributed by atoms with Gasteiger partial charge in [-0.15, -0.1) is 0 Å². The Morgan fingerprint density at radius 2 is 1.78 bits per heavy atom. The number of carbonyl (C=O) groups excluding carboxylic acids is 2. The van der Waals surface area contributed by atoms with E-state index in [1.807, 2.05) is 0 Å². The fourth-order valence-electron chi connectivity index (χ4n) is 1.89. The summed E-state index contributed by atoms with van der Waals surface area (Å²) in [7, 11) is 1.39. The number of hydrogen-bond donors (Lipinski definition) is 0. The van der Waals surface area contributed by atoms with E-state index in [4.69, 9.17) is 9.47 Å². The highest BCUT2D eigenvalue weighted by atomic mass is 16.5. The highest BCUT2D eigenvalue weighted by Gasteiger charge is 2.20. The van der Waals surface area contributed by atoms with Gasteiger partial charge in [0.05, 0.1) is 19.6 Å². The minimum Gasteiger partial charge on any atom is -0.469 e. The zero-order chi connectivity index (χ0) is 13.8. The summed E-state index contributed by atoms with van der Waals surface area (Å²) in [6.07, 6.45) is 6.11. The van der Waals surface area contributed by atoms with Crippen LogP contribution in [0.5, 0.6) is 0 Å². The Kier molecular flexibility index (Phi) is 10.4. The number of carbonyl (C=O) groups is 2. The van der Waals surface area contributed by atoms with Crippen LogP contribution >= 0.6 is 0 Å². The van der Waals surface area contributed by atoms with Crippen molar-refractivity contribution in [3.05, 3.63) is 0 Å². The van der Waals surface area contributed by atoms with Gasteiger partial charge in [-0.05, 0) is 19.8 Å². The molecule has 0 heterocycles. The van der Waals surface area contributed by atoms with Crippen molar-refractivity contribution < 1.29 is 19.1 Å². The second-order valence-electron chi connectivity index (χ2n) is 4.41. The lowest BCUT2D eigenvalue weighted by atomic mass is 9.96. The van der Waals surface area contributed by atoms with Gasteiger partial charge in [0.25, 0.3) is 0 Å².